The lowest BCUT2D eigenvalue weighted by Gasteiger charge is -2.17. The summed E-state index contributed by atoms with van der Waals surface area (Å²) in [7, 11) is 0. The highest BCUT2D eigenvalue weighted by Crippen LogP contribution is 2.25. The molecule has 1 rings (SSSR count). The average molecular weight is 281 g/mol. The maximum Gasteiger partial charge on any atom is 0.242 e. The van der Waals surface area contributed by atoms with E-state index in [0.29, 0.717) is 23.9 Å². The van der Waals surface area contributed by atoms with Crippen LogP contribution < -0.4 is 21.1 Å². The maximum atomic E-state index is 11.8. The number of hydrogen-bond donors (Lipinski definition) is 3. The minimum Gasteiger partial charge on any atom is -0.473 e. The van der Waals surface area contributed by atoms with Gasteiger partial charge in [0.2, 0.25) is 11.8 Å². The number of amides is 1. The van der Waals surface area contributed by atoms with Crippen molar-refractivity contribution in [2.75, 3.05) is 17.6 Å². The summed E-state index contributed by atoms with van der Waals surface area (Å²) in [6.07, 6.45) is 2.21. The minimum absolute atomic E-state index is 0.0367. The zero-order valence-electron chi connectivity index (χ0n) is 12.4. The highest BCUT2D eigenvalue weighted by atomic mass is 16.5. The first-order valence-corrected chi connectivity index (χ1v) is 6.77. The van der Waals surface area contributed by atoms with Crippen LogP contribution in [0.5, 0.6) is 5.88 Å². The lowest BCUT2D eigenvalue weighted by Crippen LogP contribution is -2.38. The number of carbonyl (C=O) groups excluding carboxylic acids is 1. The summed E-state index contributed by atoms with van der Waals surface area (Å²) in [5.41, 5.74) is 6.24. The summed E-state index contributed by atoms with van der Waals surface area (Å²) >= 11 is 0. The van der Waals surface area contributed by atoms with Gasteiger partial charge in [-0.2, -0.15) is 4.98 Å². The van der Waals surface area contributed by atoms with Crippen LogP contribution in [0.15, 0.2) is 6.33 Å². The summed E-state index contributed by atoms with van der Waals surface area (Å²) < 4.78 is 5.48. The molecule has 0 radical (unpaired) electrons. The molecule has 1 atom stereocenters. The Labute approximate surface area is 119 Å². The SMILES string of the molecule is CCCNC(=O)C(C)Nc1ncnc(OC(C)C)c1N. The molecule has 1 amide bonds. The molecule has 0 aromatic carbocycles. The second-order valence-corrected chi connectivity index (χ2v) is 4.76. The minimum atomic E-state index is -0.439. The Morgan fingerprint density at radius 3 is 2.70 bits per heavy atom. The summed E-state index contributed by atoms with van der Waals surface area (Å²) in [4.78, 5) is 19.8. The third-order valence-electron chi connectivity index (χ3n) is 2.49. The van der Waals surface area contributed by atoms with Crippen LogP contribution in [0.1, 0.15) is 34.1 Å². The first-order chi connectivity index (χ1) is 9.45. The standard InChI is InChI=1S/C13H23N5O2/c1-5-6-15-12(19)9(4)18-11-10(14)13(17-7-16-11)20-8(2)3/h7-9H,5-6,14H2,1-4H3,(H,15,19)(H,16,17,18). The molecule has 0 saturated heterocycles. The molecule has 1 aromatic heterocycles. The van der Waals surface area contributed by atoms with Crippen molar-refractivity contribution >= 4 is 17.4 Å². The number of ether oxygens (including phenoxy) is 1. The van der Waals surface area contributed by atoms with Crippen molar-refractivity contribution in [3.05, 3.63) is 6.33 Å². The molecule has 7 heteroatoms. The number of nitrogens with zero attached hydrogens (tertiary/aromatic N) is 2. The normalized spacial score (nSPS) is 12.1. The largest absolute Gasteiger partial charge is 0.473 e. The molecule has 0 aliphatic heterocycles. The summed E-state index contributed by atoms with van der Waals surface area (Å²) in [6.45, 7) is 8.16. The number of nitrogens with one attached hydrogen (secondary N) is 2. The number of nitrogen functional groups attached to an aromatic ring is 1. The number of aromatic nitrogens is 2. The molecule has 0 fully saturated rings. The third kappa shape index (κ3) is 4.56. The first kappa shape index (κ1) is 16.0. The van der Waals surface area contributed by atoms with E-state index in [9.17, 15) is 4.79 Å². The monoisotopic (exact) mass is 281 g/mol. The van der Waals surface area contributed by atoms with Crippen molar-refractivity contribution in [1.29, 1.82) is 0 Å². The molecule has 0 bridgehead atoms. The van der Waals surface area contributed by atoms with Gasteiger partial charge in [0.05, 0.1) is 6.10 Å². The van der Waals surface area contributed by atoms with Gasteiger partial charge in [-0.15, -0.1) is 0 Å². The van der Waals surface area contributed by atoms with Gasteiger partial charge >= 0.3 is 0 Å². The predicted molar refractivity (Wildman–Crippen MR) is 78.6 cm³/mol. The number of hydrogen-bond acceptors (Lipinski definition) is 6. The van der Waals surface area contributed by atoms with Crippen molar-refractivity contribution in [1.82, 2.24) is 15.3 Å². The Morgan fingerprint density at radius 1 is 1.40 bits per heavy atom. The average Bonchev–Trinajstić information content (AvgIpc) is 2.40. The number of carbonyl (C=O) groups is 1. The number of rotatable bonds is 7. The Hall–Kier alpha value is -2.05. The van der Waals surface area contributed by atoms with Gasteiger partial charge in [-0.3, -0.25) is 4.79 Å². The fourth-order valence-electron chi connectivity index (χ4n) is 1.48. The van der Waals surface area contributed by atoms with Gasteiger partial charge in [0.15, 0.2) is 5.82 Å². The maximum absolute atomic E-state index is 11.8. The Kier molecular flexibility index (Phi) is 6.02. The van der Waals surface area contributed by atoms with Crippen molar-refractivity contribution in [2.24, 2.45) is 0 Å². The van der Waals surface area contributed by atoms with Gasteiger partial charge in [0, 0.05) is 6.54 Å². The molecule has 1 unspecified atom stereocenters. The molecule has 0 aliphatic rings. The van der Waals surface area contributed by atoms with Crippen LogP contribution in [0.4, 0.5) is 11.5 Å². The van der Waals surface area contributed by atoms with E-state index in [-0.39, 0.29) is 12.0 Å². The Balaban J connectivity index is 2.74. The van der Waals surface area contributed by atoms with E-state index in [2.05, 4.69) is 20.6 Å². The van der Waals surface area contributed by atoms with E-state index < -0.39 is 6.04 Å². The number of nitrogens with two attached hydrogens (primary N) is 1. The Morgan fingerprint density at radius 2 is 2.10 bits per heavy atom. The molecule has 1 heterocycles. The van der Waals surface area contributed by atoms with Crippen molar-refractivity contribution < 1.29 is 9.53 Å². The molecule has 0 aliphatic carbocycles. The highest BCUT2D eigenvalue weighted by molar-refractivity contribution is 5.85. The second-order valence-electron chi connectivity index (χ2n) is 4.76. The molecule has 20 heavy (non-hydrogen) atoms. The van der Waals surface area contributed by atoms with Crippen LogP contribution in [0, 0.1) is 0 Å². The van der Waals surface area contributed by atoms with Crippen LogP contribution in [0.2, 0.25) is 0 Å². The molecular formula is C13H23N5O2. The molecule has 7 nitrogen and oxygen atoms in total. The fourth-order valence-corrected chi connectivity index (χ4v) is 1.48. The zero-order valence-corrected chi connectivity index (χ0v) is 12.4. The van der Waals surface area contributed by atoms with Crippen LogP contribution in [-0.4, -0.2) is 34.6 Å². The molecule has 0 spiro atoms. The van der Waals surface area contributed by atoms with Crippen molar-refractivity contribution in [2.45, 2.75) is 46.3 Å². The zero-order chi connectivity index (χ0) is 15.1. The van der Waals surface area contributed by atoms with E-state index in [1.54, 1.807) is 6.92 Å². The van der Waals surface area contributed by atoms with E-state index in [0.717, 1.165) is 6.42 Å². The predicted octanol–water partition coefficient (Wildman–Crippen LogP) is 1.17. The van der Waals surface area contributed by atoms with Crippen molar-refractivity contribution in [3.63, 3.8) is 0 Å². The molecular weight excluding hydrogens is 258 g/mol. The summed E-state index contributed by atoms with van der Waals surface area (Å²) in [5.74, 6) is 0.615. The van der Waals surface area contributed by atoms with Gasteiger partial charge in [0.25, 0.3) is 0 Å². The van der Waals surface area contributed by atoms with Gasteiger partial charge in [-0.1, -0.05) is 6.92 Å². The van der Waals surface area contributed by atoms with Crippen LogP contribution in [-0.2, 0) is 4.79 Å². The summed E-state index contributed by atoms with van der Waals surface area (Å²) in [5, 5.41) is 5.77. The lowest BCUT2D eigenvalue weighted by molar-refractivity contribution is -0.121. The fraction of sp³-hybridized carbons (Fsp3) is 0.615. The first-order valence-electron chi connectivity index (χ1n) is 6.77. The van der Waals surface area contributed by atoms with Gasteiger partial charge in [-0.05, 0) is 27.2 Å². The highest BCUT2D eigenvalue weighted by Gasteiger charge is 2.16. The van der Waals surface area contributed by atoms with E-state index in [1.165, 1.54) is 6.33 Å². The molecule has 112 valence electrons. The smallest absolute Gasteiger partial charge is 0.242 e. The van der Waals surface area contributed by atoms with E-state index >= 15 is 0 Å². The van der Waals surface area contributed by atoms with Crippen LogP contribution in [0.3, 0.4) is 0 Å². The number of anilines is 2. The van der Waals surface area contributed by atoms with Gasteiger partial charge in [0.1, 0.15) is 18.1 Å². The molecule has 4 N–H and O–H groups in total. The second kappa shape index (κ2) is 7.52. The van der Waals surface area contributed by atoms with Crippen molar-refractivity contribution in [3.8, 4) is 5.88 Å². The van der Waals surface area contributed by atoms with Crippen LogP contribution in [0.25, 0.3) is 0 Å². The van der Waals surface area contributed by atoms with Gasteiger partial charge in [-0.25, -0.2) is 4.98 Å². The van der Waals surface area contributed by atoms with E-state index in [1.807, 2.05) is 20.8 Å². The topological polar surface area (TPSA) is 102 Å². The van der Waals surface area contributed by atoms with Gasteiger partial charge < -0.3 is 21.1 Å². The Bertz CT molecular complexity index is 450. The molecule has 0 saturated carbocycles. The quantitative estimate of drug-likeness (QED) is 0.693. The lowest BCUT2D eigenvalue weighted by atomic mass is 10.3. The third-order valence-corrected chi connectivity index (χ3v) is 2.49. The molecule has 1 aromatic rings. The van der Waals surface area contributed by atoms with Crippen LogP contribution >= 0.6 is 0 Å². The van der Waals surface area contributed by atoms with E-state index in [4.69, 9.17) is 10.5 Å². The summed E-state index contributed by atoms with van der Waals surface area (Å²) in [6, 6.07) is -0.439.